The molecule has 0 N–H and O–H groups in total. The molecule has 96 valence electrons. The molecule has 1 saturated heterocycles. The van der Waals surface area contributed by atoms with Gasteiger partial charge in [-0.05, 0) is 38.3 Å². The van der Waals surface area contributed by atoms with Gasteiger partial charge in [-0.25, -0.2) is 4.79 Å². The highest BCUT2D eigenvalue weighted by Gasteiger charge is 2.45. The van der Waals surface area contributed by atoms with E-state index in [2.05, 4.69) is 18.2 Å². The van der Waals surface area contributed by atoms with Crippen molar-refractivity contribution >= 4 is 6.09 Å². The third-order valence-corrected chi connectivity index (χ3v) is 3.72. The van der Waals surface area contributed by atoms with Crippen molar-refractivity contribution in [2.75, 3.05) is 6.54 Å². The zero-order chi connectivity index (χ0) is 12.9. The van der Waals surface area contributed by atoms with E-state index in [0.717, 1.165) is 13.0 Å². The van der Waals surface area contributed by atoms with Crippen LogP contribution in [-0.4, -0.2) is 23.1 Å². The largest absolute Gasteiger partial charge is 0.444 e. The predicted octanol–water partition coefficient (Wildman–Crippen LogP) is 3.47. The highest BCUT2D eigenvalue weighted by Crippen LogP contribution is 2.50. The summed E-state index contributed by atoms with van der Waals surface area (Å²) < 4.78 is 5.48. The van der Waals surface area contributed by atoms with E-state index in [9.17, 15) is 4.79 Å². The lowest BCUT2D eigenvalue weighted by Crippen LogP contribution is -2.38. The lowest BCUT2D eigenvalue weighted by Gasteiger charge is -2.31. The van der Waals surface area contributed by atoms with Crippen LogP contribution < -0.4 is 0 Å². The lowest BCUT2D eigenvalue weighted by molar-refractivity contribution is 0.0215. The Morgan fingerprint density at radius 3 is 2.61 bits per heavy atom. The molecule has 2 unspecified atom stereocenters. The minimum Gasteiger partial charge on any atom is -0.444 e. The Hall–Kier alpha value is -1.51. The molecule has 0 spiro atoms. The Kier molecular flexibility index (Phi) is 2.40. The molecule has 2 aliphatic rings. The number of amides is 1. The second-order valence-electron chi connectivity index (χ2n) is 6.21. The molecule has 18 heavy (non-hydrogen) atoms. The van der Waals surface area contributed by atoms with Crippen molar-refractivity contribution in [2.24, 2.45) is 0 Å². The Morgan fingerprint density at radius 2 is 1.94 bits per heavy atom. The molecule has 3 heteroatoms. The zero-order valence-corrected chi connectivity index (χ0v) is 11.1. The van der Waals surface area contributed by atoms with E-state index in [0.29, 0.717) is 5.92 Å². The van der Waals surface area contributed by atoms with Crippen molar-refractivity contribution in [3.8, 4) is 0 Å². The molecule has 0 radical (unpaired) electrons. The van der Waals surface area contributed by atoms with Crippen LogP contribution in [0.4, 0.5) is 4.79 Å². The molecule has 1 fully saturated rings. The van der Waals surface area contributed by atoms with Crippen LogP contribution in [-0.2, 0) is 4.74 Å². The molecule has 0 aromatic heterocycles. The molecule has 1 aromatic carbocycles. The number of ether oxygens (including phenoxy) is 1. The van der Waals surface area contributed by atoms with E-state index >= 15 is 0 Å². The summed E-state index contributed by atoms with van der Waals surface area (Å²) in [5.74, 6) is 0.499. The van der Waals surface area contributed by atoms with E-state index in [-0.39, 0.29) is 12.1 Å². The summed E-state index contributed by atoms with van der Waals surface area (Å²) in [6.07, 6.45) is 0.878. The monoisotopic (exact) mass is 245 g/mol. The van der Waals surface area contributed by atoms with Gasteiger partial charge in [-0.15, -0.1) is 0 Å². The molecule has 1 aliphatic heterocycles. The van der Waals surface area contributed by atoms with Crippen LogP contribution in [0.5, 0.6) is 0 Å². The number of hydrogen-bond donors (Lipinski definition) is 0. The van der Waals surface area contributed by atoms with Crippen LogP contribution in [0.15, 0.2) is 24.3 Å². The molecule has 0 saturated carbocycles. The second-order valence-corrected chi connectivity index (χ2v) is 6.21. The molecular formula is C15H19NO2. The Morgan fingerprint density at radius 1 is 1.28 bits per heavy atom. The number of benzene rings is 1. The first-order valence-corrected chi connectivity index (χ1v) is 6.54. The smallest absolute Gasteiger partial charge is 0.410 e. The summed E-state index contributed by atoms with van der Waals surface area (Å²) in [7, 11) is 0. The minimum absolute atomic E-state index is 0.176. The normalized spacial score (nSPS) is 25.2. The maximum atomic E-state index is 12.2. The summed E-state index contributed by atoms with van der Waals surface area (Å²) in [5, 5.41) is 0. The summed E-state index contributed by atoms with van der Waals surface area (Å²) in [4.78, 5) is 14.1. The quantitative estimate of drug-likeness (QED) is 0.700. The molecule has 1 aliphatic carbocycles. The SMILES string of the molecule is CC(C)(C)OC(=O)N1CC2CC1c1ccccc12. The second kappa shape index (κ2) is 3.74. The number of carbonyl (C=O) groups excluding carboxylic acids is 1. The molecule has 1 heterocycles. The van der Waals surface area contributed by atoms with Gasteiger partial charge in [0.05, 0.1) is 6.04 Å². The first kappa shape index (κ1) is 11.6. The van der Waals surface area contributed by atoms with Gasteiger partial charge < -0.3 is 9.64 Å². The number of rotatable bonds is 0. The molecule has 1 amide bonds. The molecular weight excluding hydrogens is 226 g/mol. The van der Waals surface area contributed by atoms with Crippen molar-refractivity contribution < 1.29 is 9.53 Å². The van der Waals surface area contributed by atoms with E-state index in [1.807, 2.05) is 31.7 Å². The zero-order valence-electron chi connectivity index (χ0n) is 11.1. The van der Waals surface area contributed by atoms with Crippen LogP contribution in [0, 0.1) is 0 Å². The summed E-state index contributed by atoms with van der Waals surface area (Å²) in [6, 6.07) is 8.67. The number of nitrogens with zero attached hydrogens (tertiary/aromatic N) is 1. The van der Waals surface area contributed by atoms with Gasteiger partial charge in [-0.3, -0.25) is 0 Å². The summed E-state index contributed by atoms with van der Waals surface area (Å²) in [6.45, 7) is 6.53. The van der Waals surface area contributed by atoms with Crippen molar-refractivity contribution in [3.05, 3.63) is 35.4 Å². The average Bonchev–Trinajstić information content (AvgIpc) is 2.85. The van der Waals surface area contributed by atoms with Crippen LogP contribution in [0.1, 0.15) is 50.3 Å². The van der Waals surface area contributed by atoms with Gasteiger partial charge >= 0.3 is 6.09 Å². The molecule has 2 bridgehead atoms. The Balaban J connectivity index is 1.82. The fourth-order valence-electron chi connectivity index (χ4n) is 3.06. The fraction of sp³-hybridized carbons (Fsp3) is 0.533. The number of fused-ring (bicyclic) bond motifs is 5. The predicted molar refractivity (Wildman–Crippen MR) is 69.5 cm³/mol. The van der Waals surface area contributed by atoms with Gasteiger partial charge in [0.15, 0.2) is 0 Å². The number of hydrogen-bond acceptors (Lipinski definition) is 2. The van der Waals surface area contributed by atoms with E-state index in [4.69, 9.17) is 4.74 Å². The van der Waals surface area contributed by atoms with Gasteiger partial charge in [-0.1, -0.05) is 24.3 Å². The first-order valence-electron chi connectivity index (χ1n) is 6.54. The summed E-state index contributed by atoms with van der Waals surface area (Å²) in [5.41, 5.74) is 2.31. The van der Waals surface area contributed by atoms with Crippen LogP contribution in [0.25, 0.3) is 0 Å². The molecule has 3 rings (SSSR count). The van der Waals surface area contributed by atoms with Gasteiger partial charge in [0.25, 0.3) is 0 Å². The van der Waals surface area contributed by atoms with Gasteiger partial charge in [0.1, 0.15) is 5.60 Å². The van der Waals surface area contributed by atoms with Crippen LogP contribution >= 0.6 is 0 Å². The standard InChI is InChI=1S/C15H19NO2/c1-15(2,3)18-14(17)16-9-10-8-13(16)12-7-5-4-6-11(10)12/h4-7,10,13H,8-9H2,1-3H3. The maximum absolute atomic E-state index is 12.2. The van der Waals surface area contributed by atoms with Crippen LogP contribution in [0.2, 0.25) is 0 Å². The lowest BCUT2D eigenvalue weighted by atomic mass is 10.00. The Labute approximate surface area is 108 Å². The van der Waals surface area contributed by atoms with Crippen molar-refractivity contribution in [2.45, 2.75) is 44.8 Å². The highest BCUT2D eigenvalue weighted by atomic mass is 16.6. The third kappa shape index (κ3) is 1.78. The van der Waals surface area contributed by atoms with Crippen molar-refractivity contribution in [3.63, 3.8) is 0 Å². The van der Waals surface area contributed by atoms with Gasteiger partial charge in [-0.2, -0.15) is 0 Å². The maximum Gasteiger partial charge on any atom is 0.410 e. The Bertz CT molecular complexity index is 490. The summed E-state index contributed by atoms with van der Waals surface area (Å²) >= 11 is 0. The van der Waals surface area contributed by atoms with E-state index in [1.165, 1.54) is 11.1 Å². The topological polar surface area (TPSA) is 29.5 Å². The first-order chi connectivity index (χ1) is 8.46. The number of carbonyl (C=O) groups is 1. The number of likely N-dealkylation sites (tertiary alicyclic amines) is 1. The average molecular weight is 245 g/mol. The minimum atomic E-state index is -0.418. The van der Waals surface area contributed by atoms with E-state index in [1.54, 1.807) is 0 Å². The molecule has 1 aromatic rings. The molecule has 2 atom stereocenters. The van der Waals surface area contributed by atoms with Crippen molar-refractivity contribution in [1.82, 2.24) is 4.90 Å². The third-order valence-electron chi connectivity index (χ3n) is 3.72. The molecule has 3 nitrogen and oxygen atoms in total. The van der Waals surface area contributed by atoms with Gasteiger partial charge in [0.2, 0.25) is 0 Å². The van der Waals surface area contributed by atoms with Crippen molar-refractivity contribution in [1.29, 1.82) is 0 Å². The van der Waals surface area contributed by atoms with E-state index < -0.39 is 5.60 Å². The highest BCUT2D eigenvalue weighted by molar-refractivity contribution is 5.70. The van der Waals surface area contributed by atoms with Gasteiger partial charge in [0, 0.05) is 12.5 Å². The fourth-order valence-corrected chi connectivity index (χ4v) is 3.06. The van der Waals surface area contributed by atoms with Crippen LogP contribution in [0.3, 0.4) is 0 Å².